The van der Waals surface area contributed by atoms with Crippen molar-refractivity contribution in [2.24, 2.45) is 5.92 Å². The number of amides is 3. The molecule has 34 heavy (non-hydrogen) atoms. The zero-order chi connectivity index (χ0) is 23.8. The maximum atomic E-state index is 13.3. The Balaban J connectivity index is 1.24. The van der Waals surface area contributed by atoms with Gasteiger partial charge in [-0.2, -0.15) is 0 Å². The van der Waals surface area contributed by atoms with E-state index in [1.54, 1.807) is 0 Å². The molecule has 1 atom stereocenters. The van der Waals surface area contributed by atoms with Crippen LogP contribution in [-0.4, -0.2) is 84.3 Å². The van der Waals surface area contributed by atoms with E-state index in [0.717, 1.165) is 58.3 Å². The van der Waals surface area contributed by atoms with Gasteiger partial charge in [-0.3, -0.25) is 19.3 Å². The van der Waals surface area contributed by atoms with E-state index in [0.29, 0.717) is 38.4 Å². The van der Waals surface area contributed by atoms with Crippen molar-refractivity contribution in [2.45, 2.75) is 63.8 Å². The first-order valence-corrected chi connectivity index (χ1v) is 13.2. The summed E-state index contributed by atoms with van der Waals surface area (Å²) in [5, 5.41) is 3.17. The number of carbonyl (C=O) groups excluding carboxylic acids is 3. The zero-order valence-corrected chi connectivity index (χ0v) is 20.4. The van der Waals surface area contributed by atoms with Gasteiger partial charge in [-0.1, -0.05) is 43.2 Å². The Hall–Kier alpha value is -2.41. The van der Waals surface area contributed by atoms with Crippen molar-refractivity contribution in [3.05, 3.63) is 35.9 Å². The summed E-state index contributed by atoms with van der Waals surface area (Å²) >= 11 is 0. The number of likely N-dealkylation sites (tertiary alicyclic amines) is 1. The van der Waals surface area contributed by atoms with Crippen LogP contribution in [0.4, 0.5) is 0 Å². The summed E-state index contributed by atoms with van der Waals surface area (Å²) in [7, 11) is 0. The Morgan fingerprint density at radius 2 is 1.71 bits per heavy atom. The van der Waals surface area contributed by atoms with E-state index in [2.05, 4.69) is 22.3 Å². The number of nitrogens with zero attached hydrogens (tertiary/aromatic N) is 3. The molecule has 7 nitrogen and oxygen atoms in total. The monoisotopic (exact) mass is 468 g/mol. The second-order valence-corrected chi connectivity index (χ2v) is 10.0. The highest BCUT2D eigenvalue weighted by Crippen LogP contribution is 2.31. The molecule has 2 saturated heterocycles. The molecule has 186 valence electrons. The van der Waals surface area contributed by atoms with E-state index in [9.17, 15) is 14.4 Å². The number of hydrogen-bond donors (Lipinski definition) is 1. The van der Waals surface area contributed by atoms with Crippen LogP contribution in [0.5, 0.6) is 0 Å². The maximum Gasteiger partial charge on any atom is 0.237 e. The molecule has 3 fully saturated rings. The fraction of sp³-hybridized carbons (Fsp3) is 0.667. The number of hydrogen-bond acceptors (Lipinski definition) is 4. The molecule has 0 aromatic heterocycles. The molecule has 2 heterocycles. The van der Waals surface area contributed by atoms with Crippen LogP contribution in [-0.2, 0) is 20.8 Å². The first-order chi connectivity index (χ1) is 16.6. The molecule has 0 bridgehead atoms. The van der Waals surface area contributed by atoms with Gasteiger partial charge in [-0.05, 0) is 43.6 Å². The summed E-state index contributed by atoms with van der Waals surface area (Å²) in [6, 6.07) is 10.1. The maximum absolute atomic E-state index is 13.3. The second-order valence-electron chi connectivity index (χ2n) is 10.0. The van der Waals surface area contributed by atoms with Crippen LogP contribution in [0.2, 0.25) is 0 Å². The smallest absolute Gasteiger partial charge is 0.237 e. The molecule has 7 heteroatoms. The lowest BCUT2D eigenvalue weighted by molar-refractivity contribution is -0.135. The van der Waals surface area contributed by atoms with Gasteiger partial charge in [-0.15, -0.1) is 0 Å². The van der Waals surface area contributed by atoms with E-state index in [1.165, 1.54) is 18.4 Å². The average Bonchev–Trinajstić information content (AvgIpc) is 3.54. The van der Waals surface area contributed by atoms with Gasteiger partial charge in [0.1, 0.15) is 0 Å². The molecule has 1 aromatic carbocycles. The Labute approximate surface area is 203 Å². The summed E-state index contributed by atoms with van der Waals surface area (Å²) in [5.74, 6) is 0.983. The number of rotatable bonds is 10. The van der Waals surface area contributed by atoms with Crippen molar-refractivity contribution < 1.29 is 14.4 Å². The van der Waals surface area contributed by atoms with Crippen LogP contribution >= 0.6 is 0 Å². The Kier molecular flexibility index (Phi) is 8.97. The van der Waals surface area contributed by atoms with Crippen LogP contribution in [0.25, 0.3) is 0 Å². The van der Waals surface area contributed by atoms with Gasteiger partial charge < -0.3 is 15.1 Å². The lowest BCUT2D eigenvalue weighted by Crippen LogP contribution is -2.58. The minimum absolute atomic E-state index is 0.0995. The third-order valence-corrected chi connectivity index (χ3v) is 7.72. The molecule has 1 saturated carbocycles. The summed E-state index contributed by atoms with van der Waals surface area (Å²) < 4.78 is 0. The standard InChI is InChI=1S/C27H40N4O3/c32-24-12-6-16-29(24)17-7-15-28-27(34)26(23-10-4-5-11-23)31-20-18-30(19-21-31)25(33)14-13-22-8-2-1-3-9-22/h1-3,8-9,23,26H,4-7,10-21H2,(H,28,34). The second kappa shape index (κ2) is 12.3. The number of aryl methyl sites for hydroxylation is 1. The van der Waals surface area contributed by atoms with Crippen LogP contribution in [0.1, 0.15) is 56.9 Å². The average molecular weight is 469 g/mol. The molecule has 1 unspecified atom stereocenters. The van der Waals surface area contributed by atoms with Crippen molar-refractivity contribution >= 4 is 17.7 Å². The van der Waals surface area contributed by atoms with Gasteiger partial charge >= 0.3 is 0 Å². The highest BCUT2D eigenvalue weighted by Gasteiger charge is 2.37. The van der Waals surface area contributed by atoms with Crippen LogP contribution in [0.3, 0.4) is 0 Å². The quantitative estimate of drug-likeness (QED) is 0.536. The van der Waals surface area contributed by atoms with Gasteiger partial charge in [0.25, 0.3) is 0 Å². The third-order valence-electron chi connectivity index (χ3n) is 7.72. The van der Waals surface area contributed by atoms with E-state index in [4.69, 9.17) is 0 Å². The SMILES string of the molecule is O=C(NCCCN1CCCC1=O)C(C1CCCC1)N1CCN(C(=O)CCc2ccccc2)CC1. The largest absolute Gasteiger partial charge is 0.355 e. The van der Waals surface area contributed by atoms with Crippen molar-refractivity contribution in [1.29, 1.82) is 0 Å². The fourth-order valence-corrected chi connectivity index (χ4v) is 5.78. The minimum Gasteiger partial charge on any atom is -0.355 e. The Morgan fingerprint density at radius 1 is 0.971 bits per heavy atom. The molecule has 2 aliphatic heterocycles. The van der Waals surface area contributed by atoms with Gasteiger partial charge in [-0.25, -0.2) is 0 Å². The summed E-state index contributed by atoms with van der Waals surface area (Å²) in [5.41, 5.74) is 1.20. The van der Waals surface area contributed by atoms with E-state index >= 15 is 0 Å². The fourth-order valence-electron chi connectivity index (χ4n) is 5.78. The Morgan fingerprint density at radius 3 is 2.38 bits per heavy atom. The zero-order valence-electron chi connectivity index (χ0n) is 20.4. The van der Waals surface area contributed by atoms with Crippen LogP contribution in [0, 0.1) is 5.92 Å². The van der Waals surface area contributed by atoms with Gasteiger partial charge in [0.15, 0.2) is 0 Å². The number of nitrogens with one attached hydrogen (secondary N) is 1. The highest BCUT2D eigenvalue weighted by molar-refractivity contribution is 5.82. The van der Waals surface area contributed by atoms with E-state index in [-0.39, 0.29) is 23.8 Å². The minimum atomic E-state index is -0.0995. The summed E-state index contributed by atoms with van der Waals surface area (Å²) in [6.45, 7) is 5.11. The molecule has 4 rings (SSSR count). The molecule has 1 aliphatic carbocycles. The van der Waals surface area contributed by atoms with Crippen molar-refractivity contribution in [2.75, 3.05) is 45.8 Å². The topological polar surface area (TPSA) is 73.0 Å². The molecule has 3 aliphatic rings. The molecule has 0 radical (unpaired) electrons. The predicted molar refractivity (Wildman–Crippen MR) is 132 cm³/mol. The highest BCUT2D eigenvalue weighted by atomic mass is 16.2. The summed E-state index contributed by atoms with van der Waals surface area (Å²) in [4.78, 5) is 44.0. The van der Waals surface area contributed by atoms with Crippen LogP contribution in [0.15, 0.2) is 30.3 Å². The molecule has 1 N–H and O–H groups in total. The van der Waals surface area contributed by atoms with Gasteiger partial charge in [0.2, 0.25) is 17.7 Å². The Bertz CT molecular complexity index is 816. The van der Waals surface area contributed by atoms with Gasteiger partial charge in [0, 0.05) is 58.7 Å². The third kappa shape index (κ3) is 6.59. The lowest BCUT2D eigenvalue weighted by Gasteiger charge is -2.40. The van der Waals surface area contributed by atoms with Crippen molar-refractivity contribution in [3.63, 3.8) is 0 Å². The predicted octanol–water partition coefficient (Wildman–Crippen LogP) is 2.45. The number of benzene rings is 1. The molecular formula is C27H40N4O3. The van der Waals surface area contributed by atoms with E-state index in [1.807, 2.05) is 28.0 Å². The number of carbonyl (C=O) groups is 3. The van der Waals surface area contributed by atoms with Crippen LogP contribution < -0.4 is 5.32 Å². The normalized spacial score (nSPS) is 20.6. The van der Waals surface area contributed by atoms with Crippen molar-refractivity contribution in [1.82, 2.24) is 20.0 Å². The summed E-state index contributed by atoms with van der Waals surface area (Å²) in [6.07, 6.45) is 8.34. The lowest BCUT2D eigenvalue weighted by atomic mass is 9.95. The van der Waals surface area contributed by atoms with E-state index < -0.39 is 0 Å². The molecule has 3 amide bonds. The first-order valence-electron chi connectivity index (χ1n) is 13.2. The molecule has 0 spiro atoms. The number of piperazine rings is 1. The van der Waals surface area contributed by atoms with Gasteiger partial charge in [0.05, 0.1) is 6.04 Å². The molecular weight excluding hydrogens is 428 g/mol. The van der Waals surface area contributed by atoms with Crippen molar-refractivity contribution in [3.8, 4) is 0 Å². The molecule has 1 aromatic rings. The first kappa shape index (κ1) is 24.7.